The number of allylic oxidation sites excluding steroid dienone is 1. The fourth-order valence-electron chi connectivity index (χ4n) is 2.87. The standard InChI is InChI=1S/C22H17NO3/c1-15-19(25-14-17-5-3-2-4-6-17)8-7-18-21(24)20(26-22(15)18)13-16-9-11-23-12-10-16/h2-13H,14H2,1H3/b20-13-. The van der Waals surface area contributed by atoms with E-state index in [1.54, 1.807) is 24.5 Å². The minimum atomic E-state index is -0.116. The first kappa shape index (κ1) is 16.1. The van der Waals surface area contributed by atoms with Gasteiger partial charge in [-0.05, 0) is 48.4 Å². The number of ketones is 1. The molecule has 0 atom stereocenters. The van der Waals surface area contributed by atoms with Gasteiger partial charge in [-0.3, -0.25) is 9.78 Å². The van der Waals surface area contributed by atoms with Gasteiger partial charge in [0.15, 0.2) is 5.76 Å². The number of pyridine rings is 1. The molecule has 2 heterocycles. The molecule has 0 saturated carbocycles. The van der Waals surface area contributed by atoms with Gasteiger partial charge in [-0.15, -0.1) is 0 Å². The second kappa shape index (κ2) is 6.84. The van der Waals surface area contributed by atoms with Gasteiger partial charge in [0.1, 0.15) is 18.1 Å². The van der Waals surface area contributed by atoms with Gasteiger partial charge in [0.05, 0.1) is 5.56 Å². The van der Waals surface area contributed by atoms with E-state index >= 15 is 0 Å². The largest absolute Gasteiger partial charge is 0.488 e. The van der Waals surface area contributed by atoms with Crippen molar-refractivity contribution in [2.45, 2.75) is 13.5 Å². The number of benzene rings is 2. The summed E-state index contributed by atoms with van der Waals surface area (Å²) in [5.74, 6) is 1.48. The first-order valence-corrected chi connectivity index (χ1v) is 8.37. The number of hydrogen-bond acceptors (Lipinski definition) is 4. The third-order valence-electron chi connectivity index (χ3n) is 4.28. The van der Waals surface area contributed by atoms with Crippen LogP contribution < -0.4 is 9.47 Å². The van der Waals surface area contributed by atoms with Gasteiger partial charge >= 0.3 is 0 Å². The van der Waals surface area contributed by atoms with Crippen LogP contribution in [0.25, 0.3) is 6.08 Å². The van der Waals surface area contributed by atoms with Crippen molar-refractivity contribution in [1.82, 2.24) is 4.98 Å². The maximum atomic E-state index is 12.6. The van der Waals surface area contributed by atoms with Crippen LogP contribution in [0.15, 0.2) is 72.8 Å². The number of fused-ring (bicyclic) bond motifs is 1. The molecular weight excluding hydrogens is 326 g/mol. The SMILES string of the molecule is Cc1c(OCc2ccccc2)ccc2c1O/C(=C\c1ccncc1)C2=O. The molecule has 0 saturated heterocycles. The Morgan fingerprint density at radius 1 is 1.04 bits per heavy atom. The summed E-state index contributed by atoms with van der Waals surface area (Å²) in [5.41, 5.74) is 3.34. The molecule has 0 N–H and O–H groups in total. The number of ether oxygens (including phenoxy) is 2. The normalized spacial score (nSPS) is 14.2. The lowest BCUT2D eigenvalue weighted by atomic mass is 10.1. The monoisotopic (exact) mass is 343 g/mol. The molecular formula is C22H17NO3. The molecule has 0 aliphatic carbocycles. The third kappa shape index (κ3) is 3.09. The highest BCUT2D eigenvalue weighted by Gasteiger charge is 2.30. The summed E-state index contributed by atoms with van der Waals surface area (Å²) in [7, 11) is 0. The summed E-state index contributed by atoms with van der Waals surface area (Å²) in [6, 6.07) is 17.2. The van der Waals surface area contributed by atoms with E-state index in [2.05, 4.69) is 4.98 Å². The Morgan fingerprint density at radius 3 is 2.58 bits per heavy atom. The lowest BCUT2D eigenvalue weighted by Crippen LogP contribution is -1.98. The highest BCUT2D eigenvalue weighted by molar-refractivity contribution is 6.14. The molecule has 4 rings (SSSR count). The Labute approximate surface area is 151 Å². The minimum absolute atomic E-state index is 0.116. The molecule has 4 nitrogen and oxygen atoms in total. The summed E-state index contributed by atoms with van der Waals surface area (Å²) < 4.78 is 11.8. The number of hydrogen-bond donors (Lipinski definition) is 0. The molecule has 128 valence electrons. The molecule has 4 heteroatoms. The fourth-order valence-corrected chi connectivity index (χ4v) is 2.87. The average Bonchev–Trinajstić information content (AvgIpc) is 3.00. The zero-order valence-electron chi connectivity index (χ0n) is 14.3. The van der Waals surface area contributed by atoms with Crippen molar-refractivity contribution in [2.24, 2.45) is 0 Å². The van der Waals surface area contributed by atoms with E-state index in [-0.39, 0.29) is 5.78 Å². The number of nitrogens with zero attached hydrogens (tertiary/aromatic N) is 1. The van der Waals surface area contributed by atoms with Crippen LogP contribution >= 0.6 is 0 Å². The average molecular weight is 343 g/mol. The van der Waals surface area contributed by atoms with Gasteiger partial charge in [-0.25, -0.2) is 0 Å². The maximum absolute atomic E-state index is 12.6. The van der Waals surface area contributed by atoms with Gasteiger partial charge in [0.2, 0.25) is 5.78 Å². The number of carbonyl (C=O) groups excluding carboxylic acids is 1. The van der Waals surface area contributed by atoms with Crippen LogP contribution in [-0.2, 0) is 6.61 Å². The van der Waals surface area contributed by atoms with Crippen LogP contribution in [0.3, 0.4) is 0 Å². The van der Waals surface area contributed by atoms with Crippen LogP contribution in [0.4, 0.5) is 0 Å². The molecule has 0 radical (unpaired) electrons. The third-order valence-corrected chi connectivity index (χ3v) is 4.28. The van der Waals surface area contributed by atoms with Crippen molar-refractivity contribution in [1.29, 1.82) is 0 Å². The quantitative estimate of drug-likeness (QED) is 0.650. The van der Waals surface area contributed by atoms with E-state index in [9.17, 15) is 4.79 Å². The van der Waals surface area contributed by atoms with E-state index in [1.165, 1.54) is 0 Å². The van der Waals surface area contributed by atoms with Gasteiger partial charge in [-0.1, -0.05) is 30.3 Å². The highest BCUT2D eigenvalue weighted by Crippen LogP contribution is 2.39. The van der Waals surface area contributed by atoms with Gasteiger partial charge in [0.25, 0.3) is 0 Å². The summed E-state index contributed by atoms with van der Waals surface area (Å²) >= 11 is 0. The number of carbonyl (C=O) groups is 1. The molecule has 0 bridgehead atoms. The van der Waals surface area contributed by atoms with Crippen LogP contribution in [0, 0.1) is 6.92 Å². The smallest absolute Gasteiger partial charge is 0.231 e. The molecule has 0 unspecified atom stereocenters. The lowest BCUT2D eigenvalue weighted by Gasteiger charge is -2.11. The van der Waals surface area contributed by atoms with E-state index in [0.717, 1.165) is 16.7 Å². The van der Waals surface area contributed by atoms with Gasteiger partial charge in [0, 0.05) is 18.0 Å². The first-order valence-electron chi connectivity index (χ1n) is 8.37. The van der Waals surface area contributed by atoms with Crippen molar-refractivity contribution in [3.63, 3.8) is 0 Å². The summed E-state index contributed by atoms with van der Waals surface area (Å²) in [5, 5.41) is 0. The molecule has 0 spiro atoms. The van der Waals surface area contributed by atoms with Crippen molar-refractivity contribution in [2.75, 3.05) is 0 Å². The van der Waals surface area contributed by atoms with E-state index in [0.29, 0.717) is 29.4 Å². The van der Waals surface area contributed by atoms with Crippen molar-refractivity contribution in [3.05, 3.63) is 95.0 Å². The van der Waals surface area contributed by atoms with Crippen LogP contribution in [0.2, 0.25) is 0 Å². The first-order chi connectivity index (χ1) is 12.7. The molecule has 26 heavy (non-hydrogen) atoms. The second-order valence-electron chi connectivity index (χ2n) is 6.06. The van der Waals surface area contributed by atoms with Crippen LogP contribution in [0.5, 0.6) is 11.5 Å². The minimum Gasteiger partial charge on any atom is -0.488 e. The predicted molar refractivity (Wildman–Crippen MR) is 99.1 cm³/mol. The van der Waals surface area contributed by atoms with Gasteiger partial charge < -0.3 is 9.47 Å². The Morgan fingerprint density at radius 2 is 1.81 bits per heavy atom. The number of rotatable bonds is 4. The summed E-state index contributed by atoms with van der Waals surface area (Å²) in [6.45, 7) is 2.37. The van der Waals surface area contributed by atoms with Crippen molar-refractivity contribution >= 4 is 11.9 Å². The summed E-state index contributed by atoms with van der Waals surface area (Å²) in [4.78, 5) is 16.6. The van der Waals surface area contributed by atoms with Crippen LogP contribution in [0.1, 0.15) is 27.0 Å². The molecule has 0 fully saturated rings. The Bertz CT molecular complexity index is 979. The lowest BCUT2D eigenvalue weighted by molar-refractivity contribution is 0.101. The number of Topliss-reactive ketones (excluding diaryl/α,β-unsaturated/α-hetero) is 1. The van der Waals surface area contributed by atoms with E-state index in [1.807, 2.05) is 55.5 Å². The maximum Gasteiger partial charge on any atom is 0.231 e. The molecule has 1 aliphatic rings. The highest BCUT2D eigenvalue weighted by atomic mass is 16.5. The van der Waals surface area contributed by atoms with Gasteiger partial charge in [-0.2, -0.15) is 0 Å². The molecule has 1 aliphatic heterocycles. The van der Waals surface area contributed by atoms with Crippen LogP contribution in [-0.4, -0.2) is 10.8 Å². The topological polar surface area (TPSA) is 48.4 Å². The molecule has 2 aromatic carbocycles. The molecule has 1 aromatic heterocycles. The molecule has 0 amide bonds. The predicted octanol–water partition coefficient (Wildman–Crippen LogP) is 4.59. The van der Waals surface area contributed by atoms with E-state index < -0.39 is 0 Å². The zero-order chi connectivity index (χ0) is 17.9. The van der Waals surface area contributed by atoms with Crippen molar-refractivity contribution < 1.29 is 14.3 Å². The van der Waals surface area contributed by atoms with Crippen molar-refractivity contribution in [3.8, 4) is 11.5 Å². The molecule has 3 aromatic rings. The zero-order valence-corrected chi connectivity index (χ0v) is 14.3. The fraction of sp³-hybridized carbons (Fsp3) is 0.0909. The Kier molecular flexibility index (Phi) is 4.23. The summed E-state index contributed by atoms with van der Waals surface area (Å²) in [6.07, 6.45) is 5.09. The Balaban J connectivity index is 1.58. The second-order valence-corrected chi connectivity index (χ2v) is 6.06. The number of aromatic nitrogens is 1. The Hall–Kier alpha value is -3.40. The van der Waals surface area contributed by atoms with E-state index in [4.69, 9.17) is 9.47 Å².